The molecule has 0 amide bonds. The summed E-state index contributed by atoms with van der Waals surface area (Å²) in [6.45, 7) is 7.19. The van der Waals surface area contributed by atoms with Crippen LogP contribution in [-0.2, 0) is 4.74 Å². The van der Waals surface area contributed by atoms with Gasteiger partial charge in [-0.25, -0.2) is 0 Å². The molecule has 0 aromatic carbocycles. The standard InChI is InChI=1S/C17H32N2O/c1-14-6-7-16(20-14)13-19-12-4-2-3-5-17(19)15-8-10-18-11-9-15/h14-18H,2-13H2,1H3. The van der Waals surface area contributed by atoms with Crippen LogP contribution in [0.3, 0.4) is 0 Å². The van der Waals surface area contributed by atoms with Gasteiger partial charge in [0.25, 0.3) is 0 Å². The fraction of sp³-hybridized carbons (Fsp3) is 1.00. The first-order chi connectivity index (χ1) is 9.83. The molecule has 0 spiro atoms. The summed E-state index contributed by atoms with van der Waals surface area (Å²) in [6.07, 6.45) is 12.0. The van der Waals surface area contributed by atoms with E-state index in [1.54, 1.807) is 0 Å². The average Bonchev–Trinajstić information content (AvgIpc) is 2.74. The molecule has 3 heterocycles. The molecule has 3 atom stereocenters. The van der Waals surface area contributed by atoms with E-state index in [4.69, 9.17) is 4.74 Å². The van der Waals surface area contributed by atoms with Crippen molar-refractivity contribution < 1.29 is 4.74 Å². The maximum absolute atomic E-state index is 6.09. The molecular formula is C17H32N2O. The number of ether oxygens (including phenoxy) is 1. The predicted octanol–water partition coefficient (Wildman–Crippen LogP) is 2.80. The Labute approximate surface area is 124 Å². The molecule has 1 N–H and O–H groups in total. The molecule has 0 aromatic heterocycles. The number of likely N-dealkylation sites (tertiary alicyclic amines) is 1. The van der Waals surface area contributed by atoms with Crippen molar-refractivity contribution in [2.45, 2.75) is 76.5 Å². The highest BCUT2D eigenvalue weighted by Crippen LogP contribution is 2.30. The molecule has 0 saturated carbocycles. The molecule has 3 fully saturated rings. The fourth-order valence-electron chi connectivity index (χ4n) is 4.46. The van der Waals surface area contributed by atoms with Gasteiger partial charge >= 0.3 is 0 Å². The first-order valence-corrected chi connectivity index (χ1v) is 8.93. The third-order valence-corrected chi connectivity index (χ3v) is 5.60. The van der Waals surface area contributed by atoms with Crippen LogP contribution in [0.4, 0.5) is 0 Å². The average molecular weight is 280 g/mol. The molecule has 3 unspecified atom stereocenters. The van der Waals surface area contributed by atoms with E-state index in [1.165, 1.54) is 77.5 Å². The van der Waals surface area contributed by atoms with Crippen LogP contribution in [-0.4, -0.2) is 49.3 Å². The van der Waals surface area contributed by atoms with E-state index >= 15 is 0 Å². The molecule has 3 aliphatic heterocycles. The molecule has 0 aliphatic carbocycles. The third kappa shape index (κ3) is 3.75. The van der Waals surface area contributed by atoms with Gasteiger partial charge in [-0.2, -0.15) is 0 Å². The summed E-state index contributed by atoms with van der Waals surface area (Å²) in [4.78, 5) is 2.81. The highest BCUT2D eigenvalue weighted by Gasteiger charge is 2.32. The van der Waals surface area contributed by atoms with Crippen LogP contribution in [0.2, 0.25) is 0 Å². The van der Waals surface area contributed by atoms with Gasteiger partial charge in [0, 0.05) is 12.6 Å². The van der Waals surface area contributed by atoms with Gasteiger partial charge in [-0.3, -0.25) is 4.90 Å². The zero-order valence-electron chi connectivity index (χ0n) is 13.2. The lowest BCUT2D eigenvalue weighted by atomic mass is 9.86. The van der Waals surface area contributed by atoms with Crippen molar-refractivity contribution in [3.63, 3.8) is 0 Å². The molecule has 3 saturated heterocycles. The number of hydrogen-bond acceptors (Lipinski definition) is 3. The minimum atomic E-state index is 0.490. The first-order valence-electron chi connectivity index (χ1n) is 8.93. The van der Waals surface area contributed by atoms with Crippen LogP contribution in [0.5, 0.6) is 0 Å². The lowest BCUT2D eigenvalue weighted by molar-refractivity contribution is 0.0112. The smallest absolute Gasteiger partial charge is 0.0706 e. The number of nitrogens with zero attached hydrogens (tertiary/aromatic N) is 1. The van der Waals surface area contributed by atoms with E-state index < -0.39 is 0 Å². The predicted molar refractivity (Wildman–Crippen MR) is 83.0 cm³/mol. The molecular weight excluding hydrogens is 248 g/mol. The van der Waals surface area contributed by atoms with Crippen LogP contribution in [0.1, 0.15) is 58.3 Å². The second-order valence-electron chi connectivity index (χ2n) is 7.15. The van der Waals surface area contributed by atoms with Crippen LogP contribution in [0.25, 0.3) is 0 Å². The van der Waals surface area contributed by atoms with Gasteiger partial charge in [0.1, 0.15) is 0 Å². The van der Waals surface area contributed by atoms with Gasteiger partial charge in [-0.1, -0.05) is 12.8 Å². The van der Waals surface area contributed by atoms with Crippen molar-refractivity contribution in [1.82, 2.24) is 10.2 Å². The Hall–Kier alpha value is -0.120. The molecule has 3 nitrogen and oxygen atoms in total. The van der Waals surface area contributed by atoms with Gasteiger partial charge in [0.15, 0.2) is 0 Å². The van der Waals surface area contributed by atoms with E-state index in [0.29, 0.717) is 12.2 Å². The summed E-state index contributed by atoms with van der Waals surface area (Å²) >= 11 is 0. The highest BCUT2D eigenvalue weighted by atomic mass is 16.5. The van der Waals surface area contributed by atoms with Crippen molar-refractivity contribution in [1.29, 1.82) is 0 Å². The molecule has 0 bridgehead atoms. The molecule has 0 aromatic rings. The quantitative estimate of drug-likeness (QED) is 0.860. The van der Waals surface area contributed by atoms with Crippen molar-refractivity contribution in [2.24, 2.45) is 5.92 Å². The minimum Gasteiger partial charge on any atom is -0.374 e. The maximum Gasteiger partial charge on any atom is 0.0706 e. The van der Waals surface area contributed by atoms with E-state index in [-0.39, 0.29) is 0 Å². The largest absolute Gasteiger partial charge is 0.374 e. The molecule has 3 heteroatoms. The zero-order valence-corrected chi connectivity index (χ0v) is 13.2. The van der Waals surface area contributed by atoms with Gasteiger partial charge in [-0.05, 0) is 71.0 Å². The fourth-order valence-corrected chi connectivity index (χ4v) is 4.46. The highest BCUT2D eigenvalue weighted by molar-refractivity contribution is 4.87. The van der Waals surface area contributed by atoms with Gasteiger partial charge < -0.3 is 10.1 Å². The number of piperidine rings is 1. The van der Waals surface area contributed by atoms with E-state index in [1.807, 2.05) is 0 Å². The van der Waals surface area contributed by atoms with Crippen LogP contribution in [0, 0.1) is 5.92 Å². The number of rotatable bonds is 3. The summed E-state index contributed by atoms with van der Waals surface area (Å²) in [7, 11) is 0. The minimum absolute atomic E-state index is 0.490. The molecule has 0 radical (unpaired) electrons. The lowest BCUT2D eigenvalue weighted by Crippen LogP contribution is -2.47. The molecule has 20 heavy (non-hydrogen) atoms. The Balaban J connectivity index is 1.60. The Bertz CT molecular complexity index is 291. The third-order valence-electron chi connectivity index (χ3n) is 5.60. The van der Waals surface area contributed by atoms with Crippen molar-refractivity contribution >= 4 is 0 Å². The van der Waals surface area contributed by atoms with E-state index in [2.05, 4.69) is 17.1 Å². The topological polar surface area (TPSA) is 24.5 Å². The summed E-state index contributed by atoms with van der Waals surface area (Å²) in [5, 5.41) is 3.52. The summed E-state index contributed by atoms with van der Waals surface area (Å²) < 4.78 is 6.09. The van der Waals surface area contributed by atoms with Gasteiger partial charge in [0.2, 0.25) is 0 Å². The number of hydrogen-bond donors (Lipinski definition) is 1. The van der Waals surface area contributed by atoms with Crippen molar-refractivity contribution in [3.8, 4) is 0 Å². The second kappa shape index (κ2) is 7.24. The Morgan fingerprint density at radius 1 is 1.00 bits per heavy atom. The monoisotopic (exact) mass is 280 g/mol. The second-order valence-corrected chi connectivity index (χ2v) is 7.15. The first kappa shape index (κ1) is 14.8. The Morgan fingerprint density at radius 3 is 2.60 bits per heavy atom. The van der Waals surface area contributed by atoms with Crippen LogP contribution < -0.4 is 5.32 Å². The number of nitrogens with one attached hydrogen (secondary N) is 1. The molecule has 3 aliphatic rings. The van der Waals surface area contributed by atoms with Gasteiger partial charge in [0.05, 0.1) is 12.2 Å². The Kier molecular flexibility index (Phi) is 5.36. The molecule has 116 valence electrons. The van der Waals surface area contributed by atoms with Crippen molar-refractivity contribution in [2.75, 3.05) is 26.2 Å². The lowest BCUT2D eigenvalue weighted by Gasteiger charge is -2.39. The SMILES string of the molecule is CC1CCC(CN2CCCCCC2C2CCNCC2)O1. The maximum atomic E-state index is 6.09. The van der Waals surface area contributed by atoms with Crippen LogP contribution >= 0.6 is 0 Å². The summed E-state index contributed by atoms with van der Waals surface area (Å²) in [6, 6.07) is 0.833. The van der Waals surface area contributed by atoms with E-state index in [0.717, 1.165) is 12.0 Å². The summed E-state index contributed by atoms with van der Waals surface area (Å²) in [5.41, 5.74) is 0. The van der Waals surface area contributed by atoms with E-state index in [9.17, 15) is 0 Å². The van der Waals surface area contributed by atoms with Crippen LogP contribution in [0.15, 0.2) is 0 Å². The zero-order chi connectivity index (χ0) is 13.8. The van der Waals surface area contributed by atoms with Crippen molar-refractivity contribution in [3.05, 3.63) is 0 Å². The summed E-state index contributed by atoms with van der Waals surface area (Å²) in [5.74, 6) is 0.924. The Morgan fingerprint density at radius 2 is 1.85 bits per heavy atom. The molecule has 3 rings (SSSR count). The van der Waals surface area contributed by atoms with Gasteiger partial charge in [-0.15, -0.1) is 0 Å². The normalized spacial score (nSPS) is 38.0.